The number of rotatable bonds is 4. The number of primary amides is 1. The summed E-state index contributed by atoms with van der Waals surface area (Å²) in [6.45, 7) is -0.0541. The van der Waals surface area contributed by atoms with E-state index in [-0.39, 0.29) is 34.4 Å². The molecule has 0 fully saturated rings. The smallest absolute Gasteiger partial charge is 0.265 e. The number of alkyl halides is 2. The highest BCUT2D eigenvalue weighted by molar-refractivity contribution is 6.04. The van der Waals surface area contributed by atoms with Crippen molar-refractivity contribution in [1.29, 1.82) is 0 Å². The van der Waals surface area contributed by atoms with Gasteiger partial charge in [0.2, 0.25) is 5.91 Å². The van der Waals surface area contributed by atoms with E-state index in [0.29, 0.717) is 5.39 Å². The standard InChI is InChI=1S/C18H12F3N3O/c1-2-8-24-16-12(4-3-5-13(16)17(20)21)15(23-24)14-9-10(19)6-7-11(14)18(22)25/h1,3-7,9,17H,8H2,(H2,22,25). The van der Waals surface area contributed by atoms with Crippen LogP contribution in [0, 0.1) is 18.2 Å². The number of carbonyl (C=O) groups is 1. The van der Waals surface area contributed by atoms with Crippen LogP contribution in [0.5, 0.6) is 0 Å². The molecule has 1 heterocycles. The third-order valence-electron chi connectivity index (χ3n) is 3.78. The van der Waals surface area contributed by atoms with Gasteiger partial charge in [-0.15, -0.1) is 6.42 Å². The molecule has 0 aliphatic carbocycles. The van der Waals surface area contributed by atoms with E-state index < -0.39 is 18.1 Å². The van der Waals surface area contributed by atoms with Gasteiger partial charge in [0.1, 0.15) is 18.1 Å². The topological polar surface area (TPSA) is 60.9 Å². The van der Waals surface area contributed by atoms with Crippen LogP contribution in [0.1, 0.15) is 22.3 Å². The monoisotopic (exact) mass is 343 g/mol. The zero-order valence-electron chi connectivity index (χ0n) is 12.8. The Bertz CT molecular complexity index is 1020. The zero-order valence-corrected chi connectivity index (χ0v) is 12.8. The van der Waals surface area contributed by atoms with Gasteiger partial charge in [-0.05, 0) is 18.2 Å². The summed E-state index contributed by atoms with van der Waals surface area (Å²) in [6.07, 6.45) is 2.55. The maximum atomic E-state index is 13.7. The number of nitrogens with two attached hydrogens (primary N) is 1. The molecule has 7 heteroatoms. The average Bonchev–Trinajstić information content (AvgIpc) is 2.93. The molecule has 2 aromatic carbocycles. The van der Waals surface area contributed by atoms with E-state index in [9.17, 15) is 18.0 Å². The number of para-hydroxylation sites is 1. The minimum Gasteiger partial charge on any atom is -0.366 e. The number of terminal acetylenes is 1. The van der Waals surface area contributed by atoms with Crippen molar-refractivity contribution >= 4 is 16.8 Å². The average molecular weight is 343 g/mol. The van der Waals surface area contributed by atoms with Gasteiger partial charge in [0.25, 0.3) is 6.43 Å². The second-order valence-corrected chi connectivity index (χ2v) is 5.31. The molecule has 0 saturated heterocycles. The predicted octanol–water partition coefficient (Wildman–Crippen LogP) is 3.51. The molecule has 0 radical (unpaired) electrons. The summed E-state index contributed by atoms with van der Waals surface area (Å²) in [5.74, 6) is 0.961. The first-order valence-electron chi connectivity index (χ1n) is 7.24. The lowest BCUT2D eigenvalue weighted by atomic mass is 10.00. The third-order valence-corrected chi connectivity index (χ3v) is 3.78. The summed E-state index contributed by atoms with van der Waals surface area (Å²) in [6, 6.07) is 7.69. The molecular formula is C18H12F3N3O. The molecule has 1 amide bonds. The Morgan fingerprint density at radius 1 is 1.32 bits per heavy atom. The zero-order chi connectivity index (χ0) is 18.1. The fourth-order valence-electron chi connectivity index (χ4n) is 2.77. The number of hydrogen-bond acceptors (Lipinski definition) is 2. The molecular weight excluding hydrogens is 331 g/mol. The van der Waals surface area contributed by atoms with Crippen LogP contribution < -0.4 is 5.73 Å². The highest BCUT2D eigenvalue weighted by Crippen LogP contribution is 2.35. The van der Waals surface area contributed by atoms with Crippen LogP contribution >= 0.6 is 0 Å². The van der Waals surface area contributed by atoms with E-state index in [1.807, 2.05) is 0 Å². The predicted molar refractivity (Wildman–Crippen MR) is 87.4 cm³/mol. The van der Waals surface area contributed by atoms with Crippen LogP contribution in [0.15, 0.2) is 36.4 Å². The fourth-order valence-corrected chi connectivity index (χ4v) is 2.77. The maximum absolute atomic E-state index is 13.7. The van der Waals surface area contributed by atoms with E-state index in [1.165, 1.54) is 22.9 Å². The van der Waals surface area contributed by atoms with E-state index in [4.69, 9.17) is 12.2 Å². The van der Waals surface area contributed by atoms with Gasteiger partial charge in [0, 0.05) is 22.1 Å². The number of hydrogen-bond donors (Lipinski definition) is 1. The van der Waals surface area contributed by atoms with Crippen LogP contribution in [0.4, 0.5) is 13.2 Å². The second-order valence-electron chi connectivity index (χ2n) is 5.31. The number of aromatic nitrogens is 2. The molecule has 1 aromatic heterocycles. The minimum atomic E-state index is -2.74. The minimum absolute atomic E-state index is 0.0381. The van der Waals surface area contributed by atoms with Crippen molar-refractivity contribution in [3.63, 3.8) is 0 Å². The Hall–Kier alpha value is -3.27. The largest absolute Gasteiger partial charge is 0.366 e. The highest BCUT2D eigenvalue weighted by atomic mass is 19.3. The molecule has 126 valence electrons. The highest BCUT2D eigenvalue weighted by Gasteiger charge is 2.22. The Morgan fingerprint density at radius 3 is 2.72 bits per heavy atom. The normalized spacial score (nSPS) is 11.0. The van der Waals surface area contributed by atoms with Crippen molar-refractivity contribution in [2.45, 2.75) is 13.0 Å². The van der Waals surface area contributed by atoms with E-state index in [2.05, 4.69) is 11.0 Å². The van der Waals surface area contributed by atoms with Crippen LogP contribution in [-0.2, 0) is 6.54 Å². The van der Waals surface area contributed by atoms with E-state index >= 15 is 0 Å². The molecule has 0 aliphatic rings. The van der Waals surface area contributed by atoms with Gasteiger partial charge in [-0.2, -0.15) is 5.10 Å². The van der Waals surface area contributed by atoms with Gasteiger partial charge in [-0.25, -0.2) is 13.2 Å². The van der Waals surface area contributed by atoms with Crippen molar-refractivity contribution < 1.29 is 18.0 Å². The Balaban J connectivity index is 2.40. The van der Waals surface area contributed by atoms with Crippen molar-refractivity contribution in [2.24, 2.45) is 5.73 Å². The Labute approximate surface area is 141 Å². The molecule has 0 saturated carbocycles. The lowest BCUT2D eigenvalue weighted by Crippen LogP contribution is -2.12. The van der Waals surface area contributed by atoms with Crippen LogP contribution in [0.3, 0.4) is 0 Å². The molecule has 3 rings (SSSR count). The molecule has 0 bridgehead atoms. The molecule has 0 atom stereocenters. The number of carbonyl (C=O) groups excluding carboxylic acids is 1. The van der Waals surface area contributed by atoms with Crippen LogP contribution in [0.2, 0.25) is 0 Å². The molecule has 0 unspecified atom stereocenters. The first kappa shape index (κ1) is 16.6. The van der Waals surface area contributed by atoms with Crippen molar-refractivity contribution in [3.05, 3.63) is 53.3 Å². The molecule has 0 aliphatic heterocycles. The first-order valence-corrected chi connectivity index (χ1v) is 7.24. The summed E-state index contributed by atoms with van der Waals surface area (Å²) < 4.78 is 41.7. The fraction of sp³-hybridized carbons (Fsp3) is 0.111. The van der Waals surface area contributed by atoms with Crippen molar-refractivity contribution in [2.75, 3.05) is 0 Å². The van der Waals surface area contributed by atoms with Gasteiger partial charge in [-0.1, -0.05) is 24.1 Å². The number of nitrogens with zero attached hydrogens (tertiary/aromatic N) is 2. The molecule has 25 heavy (non-hydrogen) atoms. The molecule has 3 aromatic rings. The molecule has 0 spiro atoms. The summed E-state index contributed by atoms with van der Waals surface area (Å²) in [5, 5.41) is 4.58. The Kier molecular flexibility index (Phi) is 4.19. The lowest BCUT2D eigenvalue weighted by Gasteiger charge is -2.06. The summed E-state index contributed by atoms with van der Waals surface area (Å²) in [4.78, 5) is 11.7. The van der Waals surface area contributed by atoms with Crippen molar-refractivity contribution in [1.82, 2.24) is 9.78 Å². The third kappa shape index (κ3) is 2.83. The number of halogens is 3. The van der Waals surface area contributed by atoms with E-state index in [1.54, 1.807) is 6.07 Å². The summed E-state index contributed by atoms with van der Waals surface area (Å²) in [5.41, 5.74) is 5.57. The van der Waals surface area contributed by atoms with Gasteiger partial charge >= 0.3 is 0 Å². The maximum Gasteiger partial charge on any atom is 0.265 e. The number of fused-ring (bicyclic) bond motifs is 1. The quantitative estimate of drug-likeness (QED) is 0.737. The summed E-state index contributed by atoms with van der Waals surface area (Å²) in [7, 11) is 0. The number of amides is 1. The summed E-state index contributed by atoms with van der Waals surface area (Å²) >= 11 is 0. The SMILES string of the molecule is C#CCn1nc(-c2cc(F)ccc2C(N)=O)c2cccc(C(F)F)c21. The Morgan fingerprint density at radius 2 is 2.08 bits per heavy atom. The van der Waals surface area contributed by atoms with Crippen molar-refractivity contribution in [3.8, 4) is 23.6 Å². The van der Waals surface area contributed by atoms with Crippen LogP contribution in [0.25, 0.3) is 22.2 Å². The van der Waals surface area contributed by atoms with Crippen LogP contribution in [-0.4, -0.2) is 15.7 Å². The molecule has 2 N–H and O–H groups in total. The van der Waals surface area contributed by atoms with Gasteiger partial charge < -0.3 is 5.73 Å². The van der Waals surface area contributed by atoms with Gasteiger partial charge in [0.15, 0.2) is 0 Å². The van der Waals surface area contributed by atoms with E-state index in [0.717, 1.165) is 12.1 Å². The molecule has 4 nitrogen and oxygen atoms in total. The number of benzene rings is 2. The lowest BCUT2D eigenvalue weighted by molar-refractivity contribution is 0.100. The second kappa shape index (κ2) is 6.32. The van der Waals surface area contributed by atoms with Gasteiger partial charge in [-0.3, -0.25) is 9.48 Å². The first-order chi connectivity index (χ1) is 11.9. The van der Waals surface area contributed by atoms with Gasteiger partial charge in [0.05, 0.1) is 5.52 Å².